The first-order valence-electron chi connectivity index (χ1n) is 8.96. The molecule has 1 saturated heterocycles. The van der Waals surface area contributed by atoms with E-state index in [1.807, 2.05) is 19.1 Å². The molecule has 1 N–H and O–H groups in total. The fraction of sp³-hybridized carbons (Fsp3) is 0.526. The summed E-state index contributed by atoms with van der Waals surface area (Å²) in [6.07, 6.45) is 3.52. The zero-order chi connectivity index (χ0) is 18.9. The molecule has 2 atom stereocenters. The smallest absolute Gasteiger partial charge is 0.325 e. The molecule has 1 aliphatic heterocycles. The minimum Gasteiger partial charge on any atom is -0.340 e. The maximum Gasteiger partial charge on any atom is 0.325 e. The van der Waals surface area contributed by atoms with Crippen LogP contribution in [0, 0.1) is 5.92 Å². The number of nitrogens with one attached hydrogen (secondary N) is 1. The molecule has 7 heteroatoms. The van der Waals surface area contributed by atoms with Gasteiger partial charge in [0.05, 0.1) is 0 Å². The number of urea groups is 1. The van der Waals surface area contributed by atoms with Crippen molar-refractivity contribution in [3.8, 4) is 0 Å². The SMILES string of the molecule is C[C@H]1CCCC[C@@]12NC(=O)N(CC(=O)N(C)Cc1cccc(Cl)c1)C2=O. The summed E-state index contributed by atoms with van der Waals surface area (Å²) >= 11 is 5.97. The molecule has 0 unspecified atom stereocenters. The lowest BCUT2D eigenvalue weighted by Crippen LogP contribution is -2.54. The Balaban J connectivity index is 1.67. The Morgan fingerprint density at radius 1 is 1.38 bits per heavy atom. The van der Waals surface area contributed by atoms with Crippen LogP contribution in [0.5, 0.6) is 0 Å². The second kappa shape index (κ2) is 7.27. The molecule has 1 heterocycles. The van der Waals surface area contributed by atoms with E-state index in [1.165, 1.54) is 4.90 Å². The van der Waals surface area contributed by atoms with Crippen molar-refractivity contribution in [1.29, 1.82) is 0 Å². The number of hydrogen-bond acceptors (Lipinski definition) is 3. The highest BCUT2D eigenvalue weighted by Crippen LogP contribution is 2.38. The van der Waals surface area contributed by atoms with Crippen LogP contribution in [0.2, 0.25) is 5.02 Å². The monoisotopic (exact) mass is 377 g/mol. The Morgan fingerprint density at radius 3 is 2.85 bits per heavy atom. The molecule has 26 heavy (non-hydrogen) atoms. The number of carbonyl (C=O) groups is 3. The molecule has 140 valence electrons. The molecule has 6 nitrogen and oxygen atoms in total. The van der Waals surface area contributed by atoms with E-state index in [0.29, 0.717) is 18.0 Å². The third-order valence-electron chi connectivity index (χ3n) is 5.53. The Labute approximate surface area is 158 Å². The van der Waals surface area contributed by atoms with Crippen LogP contribution in [-0.2, 0) is 16.1 Å². The molecule has 0 radical (unpaired) electrons. The summed E-state index contributed by atoms with van der Waals surface area (Å²) in [7, 11) is 1.65. The van der Waals surface area contributed by atoms with Gasteiger partial charge in [0.25, 0.3) is 5.91 Å². The first-order chi connectivity index (χ1) is 12.3. The summed E-state index contributed by atoms with van der Waals surface area (Å²) in [5.74, 6) is -0.467. The molecule has 1 aromatic rings. The number of benzene rings is 1. The van der Waals surface area contributed by atoms with Crippen molar-refractivity contribution in [2.24, 2.45) is 5.92 Å². The molecule has 1 spiro atoms. The van der Waals surface area contributed by atoms with Crippen molar-refractivity contribution < 1.29 is 14.4 Å². The van der Waals surface area contributed by atoms with Crippen molar-refractivity contribution in [1.82, 2.24) is 15.1 Å². The summed E-state index contributed by atoms with van der Waals surface area (Å²) in [6, 6.07) is 6.79. The standard InChI is InChI=1S/C19H24ClN3O3/c1-13-6-3-4-9-19(13)17(25)23(18(26)21-19)12-16(24)22(2)11-14-7-5-8-15(20)10-14/h5,7-8,10,13H,3-4,6,9,11-12H2,1-2H3,(H,21,26)/t13-,19+/m0/s1. The topological polar surface area (TPSA) is 69.7 Å². The van der Waals surface area contributed by atoms with Crippen LogP contribution >= 0.6 is 11.6 Å². The number of hydrogen-bond donors (Lipinski definition) is 1. The van der Waals surface area contributed by atoms with E-state index in [1.54, 1.807) is 19.2 Å². The van der Waals surface area contributed by atoms with Crippen molar-refractivity contribution in [2.75, 3.05) is 13.6 Å². The fourth-order valence-corrected chi connectivity index (χ4v) is 4.11. The number of likely N-dealkylation sites (N-methyl/N-ethyl adjacent to an activating group) is 1. The Hall–Kier alpha value is -2.08. The van der Waals surface area contributed by atoms with Gasteiger partial charge in [0.15, 0.2) is 0 Å². The Morgan fingerprint density at radius 2 is 2.15 bits per heavy atom. The second-order valence-corrected chi connectivity index (χ2v) is 7.76. The minimum atomic E-state index is -0.832. The third-order valence-corrected chi connectivity index (χ3v) is 5.76. The molecule has 1 aliphatic carbocycles. The highest BCUT2D eigenvalue weighted by atomic mass is 35.5. The van der Waals surface area contributed by atoms with Crippen LogP contribution in [0.15, 0.2) is 24.3 Å². The lowest BCUT2D eigenvalue weighted by molar-refractivity contribution is -0.140. The summed E-state index contributed by atoms with van der Waals surface area (Å²) in [5, 5.41) is 3.47. The summed E-state index contributed by atoms with van der Waals surface area (Å²) in [6.45, 7) is 2.12. The van der Waals surface area contributed by atoms with E-state index in [9.17, 15) is 14.4 Å². The van der Waals surface area contributed by atoms with Crippen LogP contribution < -0.4 is 5.32 Å². The van der Waals surface area contributed by atoms with Crippen LogP contribution in [0.3, 0.4) is 0 Å². The maximum atomic E-state index is 12.9. The summed E-state index contributed by atoms with van der Waals surface area (Å²) in [4.78, 5) is 40.4. The molecule has 4 amide bonds. The van der Waals surface area contributed by atoms with E-state index in [2.05, 4.69) is 5.32 Å². The van der Waals surface area contributed by atoms with Crippen molar-refractivity contribution in [3.05, 3.63) is 34.9 Å². The molecule has 2 aliphatic rings. The summed E-state index contributed by atoms with van der Waals surface area (Å²) in [5.41, 5.74) is 0.0594. The fourth-order valence-electron chi connectivity index (χ4n) is 3.89. The van der Waals surface area contributed by atoms with Gasteiger partial charge < -0.3 is 10.2 Å². The first kappa shape index (κ1) is 18.7. The molecule has 1 aromatic carbocycles. The van der Waals surface area contributed by atoms with Gasteiger partial charge in [-0.2, -0.15) is 0 Å². The van der Waals surface area contributed by atoms with E-state index >= 15 is 0 Å². The number of rotatable bonds is 4. The van der Waals surface area contributed by atoms with E-state index in [-0.39, 0.29) is 24.3 Å². The van der Waals surface area contributed by atoms with Gasteiger partial charge in [0.1, 0.15) is 12.1 Å². The van der Waals surface area contributed by atoms with Crippen molar-refractivity contribution in [3.63, 3.8) is 0 Å². The van der Waals surface area contributed by atoms with Gasteiger partial charge >= 0.3 is 6.03 Å². The number of carbonyl (C=O) groups excluding carboxylic acids is 3. The number of halogens is 1. The average Bonchev–Trinajstić information content (AvgIpc) is 2.82. The van der Waals surface area contributed by atoms with Crippen LogP contribution in [-0.4, -0.2) is 46.8 Å². The molecular weight excluding hydrogens is 354 g/mol. The number of nitrogens with zero attached hydrogens (tertiary/aromatic N) is 2. The predicted molar refractivity (Wildman–Crippen MR) is 98.5 cm³/mol. The van der Waals surface area contributed by atoms with Crippen molar-refractivity contribution >= 4 is 29.4 Å². The zero-order valence-corrected chi connectivity index (χ0v) is 15.9. The number of imide groups is 1. The van der Waals surface area contributed by atoms with E-state index < -0.39 is 11.6 Å². The predicted octanol–water partition coefficient (Wildman–Crippen LogP) is 2.80. The zero-order valence-electron chi connectivity index (χ0n) is 15.1. The minimum absolute atomic E-state index is 0.0805. The van der Waals surface area contributed by atoms with Gasteiger partial charge in [0.2, 0.25) is 5.91 Å². The third kappa shape index (κ3) is 3.43. The van der Waals surface area contributed by atoms with E-state index in [4.69, 9.17) is 11.6 Å². The average molecular weight is 378 g/mol. The molecule has 3 rings (SSSR count). The van der Waals surface area contributed by atoms with Crippen LogP contribution in [0.25, 0.3) is 0 Å². The van der Waals surface area contributed by atoms with Gasteiger partial charge in [0, 0.05) is 18.6 Å². The van der Waals surface area contributed by atoms with Gasteiger partial charge in [-0.15, -0.1) is 0 Å². The normalized spacial score (nSPS) is 25.5. The van der Waals surface area contributed by atoms with Gasteiger partial charge in [-0.05, 0) is 36.5 Å². The maximum absolute atomic E-state index is 12.9. The quantitative estimate of drug-likeness (QED) is 0.820. The highest BCUT2D eigenvalue weighted by Gasteiger charge is 2.55. The van der Waals surface area contributed by atoms with Gasteiger partial charge in [-0.25, -0.2) is 4.79 Å². The largest absolute Gasteiger partial charge is 0.340 e. The van der Waals surface area contributed by atoms with E-state index in [0.717, 1.165) is 29.7 Å². The lowest BCUT2D eigenvalue weighted by atomic mass is 9.73. The first-order valence-corrected chi connectivity index (χ1v) is 9.34. The Kier molecular flexibility index (Phi) is 5.23. The lowest BCUT2D eigenvalue weighted by Gasteiger charge is -2.36. The summed E-state index contributed by atoms with van der Waals surface area (Å²) < 4.78 is 0. The van der Waals surface area contributed by atoms with Crippen molar-refractivity contribution in [2.45, 2.75) is 44.7 Å². The Bertz CT molecular complexity index is 738. The molecule has 2 fully saturated rings. The molecular formula is C19H24ClN3O3. The molecule has 0 aromatic heterocycles. The number of amides is 4. The second-order valence-electron chi connectivity index (χ2n) is 7.32. The molecule has 1 saturated carbocycles. The van der Waals surface area contributed by atoms with Gasteiger partial charge in [-0.3, -0.25) is 14.5 Å². The van der Waals surface area contributed by atoms with Crippen LogP contribution in [0.4, 0.5) is 4.79 Å². The van der Waals surface area contributed by atoms with Gasteiger partial charge in [-0.1, -0.05) is 43.5 Å². The highest BCUT2D eigenvalue weighted by molar-refractivity contribution is 6.30. The van der Waals surface area contributed by atoms with Crippen LogP contribution in [0.1, 0.15) is 38.2 Å². The molecule has 0 bridgehead atoms.